The van der Waals surface area contributed by atoms with Gasteiger partial charge in [0, 0.05) is 0 Å². The molecule has 1 N–H and O–H groups in total. The molecule has 0 aromatic heterocycles. The SMILES string of the molecule is CNCCc1cccc(-c2ccc(C)c(F)c2)c1. The van der Waals surface area contributed by atoms with Gasteiger partial charge in [-0.05, 0) is 55.3 Å². The highest BCUT2D eigenvalue weighted by atomic mass is 19.1. The van der Waals surface area contributed by atoms with E-state index in [1.54, 1.807) is 13.0 Å². The second-order valence-electron chi connectivity index (χ2n) is 4.52. The Morgan fingerprint density at radius 2 is 1.83 bits per heavy atom. The third-order valence-corrected chi connectivity index (χ3v) is 3.10. The van der Waals surface area contributed by atoms with E-state index in [0.717, 1.165) is 24.1 Å². The van der Waals surface area contributed by atoms with Gasteiger partial charge in [-0.1, -0.05) is 36.4 Å². The first kappa shape index (κ1) is 12.8. The predicted molar refractivity (Wildman–Crippen MR) is 74.2 cm³/mol. The molecule has 2 rings (SSSR count). The highest BCUT2D eigenvalue weighted by molar-refractivity contribution is 5.64. The van der Waals surface area contributed by atoms with Crippen LogP contribution in [-0.2, 0) is 6.42 Å². The Labute approximate surface area is 108 Å². The predicted octanol–water partition coefficient (Wildman–Crippen LogP) is 3.56. The van der Waals surface area contributed by atoms with E-state index in [-0.39, 0.29) is 5.82 Å². The highest BCUT2D eigenvalue weighted by Gasteiger charge is 2.03. The van der Waals surface area contributed by atoms with Crippen LogP contribution in [0, 0.1) is 12.7 Å². The van der Waals surface area contributed by atoms with Gasteiger partial charge in [0.05, 0.1) is 0 Å². The van der Waals surface area contributed by atoms with Crippen molar-refractivity contribution in [2.45, 2.75) is 13.3 Å². The van der Waals surface area contributed by atoms with Crippen molar-refractivity contribution in [1.82, 2.24) is 5.32 Å². The molecule has 0 bridgehead atoms. The minimum atomic E-state index is -0.145. The number of nitrogens with one attached hydrogen (secondary N) is 1. The summed E-state index contributed by atoms with van der Waals surface area (Å²) in [6.07, 6.45) is 0.985. The summed E-state index contributed by atoms with van der Waals surface area (Å²) in [7, 11) is 1.94. The Kier molecular flexibility index (Phi) is 4.11. The molecule has 0 spiro atoms. The topological polar surface area (TPSA) is 12.0 Å². The molecule has 0 unspecified atom stereocenters. The van der Waals surface area contributed by atoms with E-state index in [1.807, 2.05) is 31.3 Å². The van der Waals surface area contributed by atoms with Crippen molar-refractivity contribution in [3.63, 3.8) is 0 Å². The molecule has 0 fully saturated rings. The summed E-state index contributed by atoms with van der Waals surface area (Å²) in [5, 5.41) is 3.13. The third-order valence-electron chi connectivity index (χ3n) is 3.10. The maximum Gasteiger partial charge on any atom is 0.126 e. The van der Waals surface area contributed by atoms with Gasteiger partial charge in [0.15, 0.2) is 0 Å². The zero-order valence-electron chi connectivity index (χ0n) is 10.8. The van der Waals surface area contributed by atoms with Crippen LogP contribution >= 0.6 is 0 Å². The summed E-state index contributed by atoms with van der Waals surface area (Å²) in [4.78, 5) is 0. The van der Waals surface area contributed by atoms with Crippen molar-refractivity contribution in [3.8, 4) is 11.1 Å². The molecule has 0 aliphatic heterocycles. The molecular weight excluding hydrogens is 225 g/mol. The van der Waals surface area contributed by atoms with Gasteiger partial charge in [0.1, 0.15) is 5.82 Å². The van der Waals surface area contributed by atoms with Crippen LogP contribution in [-0.4, -0.2) is 13.6 Å². The second kappa shape index (κ2) is 5.78. The second-order valence-corrected chi connectivity index (χ2v) is 4.52. The van der Waals surface area contributed by atoms with Gasteiger partial charge >= 0.3 is 0 Å². The molecule has 0 radical (unpaired) electrons. The molecule has 94 valence electrons. The van der Waals surface area contributed by atoms with E-state index < -0.39 is 0 Å². The summed E-state index contributed by atoms with van der Waals surface area (Å²) >= 11 is 0. The number of likely N-dealkylation sites (N-methyl/N-ethyl adjacent to an activating group) is 1. The lowest BCUT2D eigenvalue weighted by molar-refractivity contribution is 0.619. The van der Waals surface area contributed by atoms with Crippen molar-refractivity contribution in [1.29, 1.82) is 0 Å². The fourth-order valence-corrected chi connectivity index (χ4v) is 1.95. The summed E-state index contributed by atoms with van der Waals surface area (Å²) in [6.45, 7) is 2.73. The summed E-state index contributed by atoms with van der Waals surface area (Å²) in [5.74, 6) is -0.145. The quantitative estimate of drug-likeness (QED) is 0.865. The van der Waals surface area contributed by atoms with Crippen LogP contribution in [0.4, 0.5) is 4.39 Å². The average Bonchev–Trinajstić information content (AvgIpc) is 2.40. The van der Waals surface area contributed by atoms with E-state index in [0.29, 0.717) is 5.56 Å². The summed E-state index contributed by atoms with van der Waals surface area (Å²) in [5.41, 5.74) is 3.96. The Hall–Kier alpha value is -1.67. The van der Waals surface area contributed by atoms with E-state index in [9.17, 15) is 4.39 Å². The zero-order valence-corrected chi connectivity index (χ0v) is 10.8. The number of benzene rings is 2. The number of hydrogen-bond donors (Lipinski definition) is 1. The maximum absolute atomic E-state index is 13.6. The van der Waals surface area contributed by atoms with Crippen LogP contribution in [0.5, 0.6) is 0 Å². The van der Waals surface area contributed by atoms with E-state index in [1.165, 1.54) is 5.56 Å². The van der Waals surface area contributed by atoms with E-state index in [4.69, 9.17) is 0 Å². The normalized spacial score (nSPS) is 10.6. The molecular formula is C16H18FN. The van der Waals surface area contributed by atoms with Gasteiger partial charge in [-0.3, -0.25) is 0 Å². The Balaban J connectivity index is 2.29. The zero-order chi connectivity index (χ0) is 13.0. The fourth-order valence-electron chi connectivity index (χ4n) is 1.95. The molecule has 1 nitrogen and oxygen atoms in total. The monoisotopic (exact) mass is 243 g/mol. The number of aryl methyl sites for hydroxylation is 1. The maximum atomic E-state index is 13.6. The standard InChI is InChI=1S/C16H18FN/c1-12-6-7-15(11-16(12)17)14-5-3-4-13(10-14)8-9-18-2/h3-7,10-11,18H,8-9H2,1-2H3. The molecule has 2 heteroatoms. The number of halogens is 1. The first-order chi connectivity index (χ1) is 8.70. The molecule has 2 aromatic rings. The lowest BCUT2D eigenvalue weighted by Crippen LogP contribution is -2.10. The van der Waals surface area contributed by atoms with Crippen LogP contribution in [0.1, 0.15) is 11.1 Å². The van der Waals surface area contributed by atoms with Crippen molar-refractivity contribution in [2.24, 2.45) is 0 Å². The van der Waals surface area contributed by atoms with Gasteiger partial charge < -0.3 is 5.32 Å². The summed E-state index contributed by atoms with van der Waals surface area (Å²) < 4.78 is 13.6. The van der Waals surface area contributed by atoms with Gasteiger partial charge in [-0.2, -0.15) is 0 Å². The van der Waals surface area contributed by atoms with Crippen molar-refractivity contribution < 1.29 is 4.39 Å². The average molecular weight is 243 g/mol. The Bertz CT molecular complexity index is 534. The minimum absolute atomic E-state index is 0.145. The van der Waals surface area contributed by atoms with E-state index >= 15 is 0 Å². The highest BCUT2D eigenvalue weighted by Crippen LogP contribution is 2.22. The van der Waals surface area contributed by atoms with E-state index in [2.05, 4.69) is 17.4 Å². The van der Waals surface area contributed by atoms with Crippen molar-refractivity contribution >= 4 is 0 Å². The Morgan fingerprint density at radius 1 is 1.06 bits per heavy atom. The lowest BCUT2D eigenvalue weighted by Gasteiger charge is -2.06. The molecule has 0 heterocycles. The lowest BCUT2D eigenvalue weighted by atomic mass is 10.0. The van der Waals surface area contributed by atoms with Crippen LogP contribution in [0.25, 0.3) is 11.1 Å². The first-order valence-corrected chi connectivity index (χ1v) is 6.21. The van der Waals surface area contributed by atoms with Crippen LogP contribution in [0.2, 0.25) is 0 Å². The molecule has 0 amide bonds. The third kappa shape index (κ3) is 2.96. The molecule has 0 aliphatic rings. The van der Waals surface area contributed by atoms with Gasteiger partial charge in [-0.15, -0.1) is 0 Å². The number of hydrogen-bond acceptors (Lipinski definition) is 1. The first-order valence-electron chi connectivity index (χ1n) is 6.21. The molecule has 2 aromatic carbocycles. The molecule has 0 saturated carbocycles. The van der Waals surface area contributed by atoms with Crippen molar-refractivity contribution in [2.75, 3.05) is 13.6 Å². The fraction of sp³-hybridized carbons (Fsp3) is 0.250. The minimum Gasteiger partial charge on any atom is -0.319 e. The van der Waals surface area contributed by atoms with Crippen LogP contribution in [0.3, 0.4) is 0 Å². The largest absolute Gasteiger partial charge is 0.319 e. The van der Waals surface area contributed by atoms with Crippen LogP contribution in [0.15, 0.2) is 42.5 Å². The van der Waals surface area contributed by atoms with Gasteiger partial charge in [-0.25, -0.2) is 4.39 Å². The van der Waals surface area contributed by atoms with Gasteiger partial charge in [0.2, 0.25) is 0 Å². The number of rotatable bonds is 4. The van der Waals surface area contributed by atoms with Crippen molar-refractivity contribution in [3.05, 3.63) is 59.4 Å². The Morgan fingerprint density at radius 3 is 2.56 bits per heavy atom. The van der Waals surface area contributed by atoms with Gasteiger partial charge in [0.25, 0.3) is 0 Å². The molecule has 18 heavy (non-hydrogen) atoms. The molecule has 0 saturated heterocycles. The van der Waals surface area contributed by atoms with Crippen LogP contribution < -0.4 is 5.32 Å². The molecule has 0 atom stereocenters. The summed E-state index contributed by atoms with van der Waals surface area (Å²) in [6, 6.07) is 13.7. The molecule has 0 aliphatic carbocycles. The smallest absolute Gasteiger partial charge is 0.126 e.